The minimum Gasteiger partial charge on any atom is -0.345 e. The summed E-state index contributed by atoms with van der Waals surface area (Å²) in [6.07, 6.45) is 11.9. The van der Waals surface area contributed by atoms with E-state index < -0.39 is 0 Å². The predicted octanol–water partition coefficient (Wildman–Crippen LogP) is 5.01. The maximum atomic E-state index is 12.2. The molecular weight excluding hydrogens is 360 g/mol. The lowest BCUT2D eigenvalue weighted by Crippen LogP contribution is -2.39. The number of likely N-dealkylation sites (tertiary alicyclic amines) is 1. The molecule has 1 saturated carbocycles. The van der Waals surface area contributed by atoms with Crippen molar-refractivity contribution in [2.45, 2.75) is 71.4 Å². The molecule has 0 N–H and O–H groups in total. The van der Waals surface area contributed by atoms with Crippen LogP contribution in [-0.2, 0) is 11.3 Å². The highest BCUT2D eigenvalue weighted by Crippen LogP contribution is 2.32. The van der Waals surface area contributed by atoms with Crippen molar-refractivity contribution < 1.29 is 9.59 Å². The molecule has 0 amide bonds. The van der Waals surface area contributed by atoms with E-state index >= 15 is 0 Å². The Hall–Kier alpha value is -1.94. The molecular formula is C25H34N2O2. The van der Waals surface area contributed by atoms with Crippen molar-refractivity contribution in [3.8, 4) is 0 Å². The van der Waals surface area contributed by atoms with E-state index in [4.69, 9.17) is 0 Å². The maximum Gasteiger partial charge on any atom is 0.161 e. The van der Waals surface area contributed by atoms with Crippen LogP contribution in [0.25, 0.3) is 10.9 Å². The van der Waals surface area contributed by atoms with Crippen LogP contribution >= 0.6 is 0 Å². The second kappa shape index (κ2) is 8.83. The van der Waals surface area contributed by atoms with E-state index in [0.29, 0.717) is 12.0 Å². The van der Waals surface area contributed by atoms with E-state index in [1.54, 1.807) is 6.92 Å². The molecule has 1 saturated heterocycles. The van der Waals surface area contributed by atoms with Gasteiger partial charge in [-0.2, -0.15) is 0 Å². The van der Waals surface area contributed by atoms with Crippen LogP contribution < -0.4 is 0 Å². The normalized spacial score (nSPS) is 22.2. The lowest BCUT2D eigenvalue weighted by molar-refractivity contribution is -0.113. The molecule has 4 heteroatoms. The molecule has 1 aliphatic heterocycles. The van der Waals surface area contributed by atoms with Gasteiger partial charge >= 0.3 is 0 Å². The first-order valence-corrected chi connectivity index (χ1v) is 11.4. The molecule has 4 rings (SSSR count). The molecule has 29 heavy (non-hydrogen) atoms. The third kappa shape index (κ3) is 4.18. The summed E-state index contributed by atoms with van der Waals surface area (Å²) in [5, 5.41) is 1.09. The quantitative estimate of drug-likeness (QED) is 0.489. The van der Waals surface area contributed by atoms with Crippen LogP contribution in [0.3, 0.4) is 0 Å². The molecule has 1 aromatic heterocycles. The lowest BCUT2D eigenvalue weighted by atomic mass is 9.80. The molecule has 1 aromatic carbocycles. The summed E-state index contributed by atoms with van der Waals surface area (Å²) in [5.41, 5.74) is 3.14. The summed E-state index contributed by atoms with van der Waals surface area (Å²) >= 11 is 0. The number of aryl methyl sites for hydroxylation is 1. The Labute approximate surface area is 174 Å². The van der Waals surface area contributed by atoms with Crippen molar-refractivity contribution in [1.29, 1.82) is 0 Å². The highest BCUT2D eigenvalue weighted by atomic mass is 16.1. The number of carbonyl (C=O) groups excluding carboxylic acids is 2. The van der Waals surface area contributed by atoms with Gasteiger partial charge in [-0.05, 0) is 63.6 Å². The first kappa shape index (κ1) is 20.3. The second-order valence-corrected chi connectivity index (χ2v) is 9.21. The van der Waals surface area contributed by atoms with Crippen molar-refractivity contribution in [3.05, 3.63) is 35.5 Å². The Morgan fingerprint density at radius 1 is 1.17 bits per heavy atom. The van der Waals surface area contributed by atoms with Crippen molar-refractivity contribution in [3.63, 3.8) is 0 Å². The lowest BCUT2D eigenvalue weighted by Gasteiger charge is -2.32. The summed E-state index contributed by atoms with van der Waals surface area (Å²) in [6.45, 7) is 6.62. The second-order valence-electron chi connectivity index (χ2n) is 9.21. The van der Waals surface area contributed by atoms with Gasteiger partial charge < -0.3 is 9.36 Å². The third-order valence-corrected chi connectivity index (χ3v) is 7.28. The van der Waals surface area contributed by atoms with Crippen LogP contribution in [0.4, 0.5) is 0 Å². The minimum atomic E-state index is 0.129. The van der Waals surface area contributed by atoms with Gasteiger partial charge in [0.25, 0.3) is 0 Å². The Kier molecular flexibility index (Phi) is 6.19. The number of hydrogen-bond donors (Lipinski definition) is 0. The van der Waals surface area contributed by atoms with Crippen LogP contribution in [0.2, 0.25) is 0 Å². The maximum absolute atomic E-state index is 12.2. The molecule has 156 valence electrons. The van der Waals surface area contributed by atoms with Crippen molar-refractivity contribution in [2.75, 3.05) is 13.1 Å². The minimum absolute atomic E-state index is 0.129. The average Bonchev–Trinajstić information content (AvgIpc) is 3.32. The monoisotopic (exact) mass is 394 g/mol. The number of carbonyl (C=O) groups is 2. The van der Waals surface area contributed by atoms with Crippen molar-refractivity contribution in [1.82, 2.24) is 9.47 Å². The Balaban J connectivity index is 1.53. The highest BCUT2D eigenvalue weighted by molar-refractivity contribution is 6.08. The first-order valence-electron chi connectivity index (χ1n) is 11.4. The number of benzene rings is 1. The summed E-state index contributed by atoms with van der Waals surface area (Å²) in [5.74, 6) is 0.874. The predicted molar refractivity (Wildman–Crippen MR) is 117 cm³/mol. The van der Waals surface area contributed by atoms with Gasteiger partial charge in [0.05, 0.1) is 0 Å². The molecule has 2 aliphatic rings. The Bertz CT molecular complexity index is 878. The zero-order valence-electron chi connectivity index (χ0n) is 17.9. The standard InChI is InChI=1S/C25H34N2O2/c1-18-8-6-12-24-25(18)23(19(2)29)16-27(24)15-22-11-7-13-26(22)14-21(17-28)20-9-4-3-5-10-20/h6,8,12,16-17,20-22H,3-5,7,9-11,13-15H2,1-2H3/t21?,22-/m0/s1. The van der Waals surface area contributed by atoms with Crippen LogP contribution in [0.5, 0.6) is 0 Å². The SMILES string of the molecule is CC(=O)c1cn(C[C@@H]2CCCN2CC(C=O)C2CCCCC2)c2cccc(C)c12. The topological polar surface area (TPSA) is 42.3 Å². The third-order valence-electron chi connectivity index (χ3n) is 7.28. The van der Waals surface area contributed by atoms with E-state index in [0.717, 1.165) is 48.1 Å². The molecule has 2 aromatic rings. The molecule has 1 aliphatic carbocycles. The number of nitrogens with zero attached hydrogens (tertiary/aromatic N) is 2. The number of rotatable bonds is 7. The fourth-order valence-corrected chi connectivity index (χ4v) is 5.66. The highest BCUT2D eigenvalue weighted by Gasteiger charge is 2.31. The van der Waals surface area contributed by atoms with E-state index in [1.807, 2.05) is 0 Å². The number of fused-ring (bicyclic) bond motifs is 1. The zero-order valence-corrected chi connectivity index (χ0v) is 17.9. The van der Waals surface area contributed by atoms with Crippen LogP contribution in [-0.4, -0.2) is 40.7 Å². The van der Waals surface area contributed by atoms with Gasteiger partial charge in [-0.25, -0.2) is 0 Å². The van der Waals surface area contributed by atoms with Crippen LogP contribution in [0.1, 0.15) is 67.8 Å². The van der Waals surface area contributed by atoms with Gasteiger partial charge in [0, 0.05) is 47.7 Å². The molecule has 0 bridgehead atoms. The van der Waals surface area contributed by atoms with Crippen LogP contribution in [0, 0.1) is 18.8 Å². The molecule has 0 spiro atoms. The summed E-state index contributed by atoms with van der Waals surface area (Å²) in [7, 11) is 0. The molecule has 2 atom stereocenters. The van der Waals surface area contributed by atoms with Gasteiger partial charge in [0.2, 0.25) is 0 Å². The molecule has 4 nitrogen and oxygen atoms in total. The van der Waals surface area contributed by atoms with E-state index in [9.17, 15) is 9.59 Å². The summed E-state index contributed by atoms with van der Waals surface area (Å²) < 4.78 is 2.28. The van der Waals surface area contributed by atoms with E-state index in [1.165, 1.54) is 44.8 Å². The van der Waals surface area contributed by atoms with Crippen molar-refractivity contribution >= 4 is 23.0 Å². The first-order chi connectivity index (χ1) is 14.1. The fraction of sp³-hybridized carbons (Fsp3) is 0.600. The Morgan fingerprint density at radius 3 is 2.69 bits per heavy atom. The van der Waals surface area contributed by atoms with Crippen molar-refractivity contribution in [2.24, 2.45) is 11.8 Å². The summed E-state index contributed by atoms with van der Waals surface area (Å²) in [6, 6.07) is 6.73. The Morgan fingerprint density at radius 2 is 1.97 bits per heavy atom. The molecule has 1 unspecified atom stereocenters. The molecule has 2 heterocycles. The number of ketones is 1. The van der Waals surface area contributed by atoms with E-state index in [-0.39, 0.29) is 11.7 Å². The van der Waals surface area contributed by atoms with Gasteiger partial charge in [-0.3, -0.25) is 9.69 Å². The number of Topliss-reactive ketones (excluding diaryl/α,β-unsaturated/α-hetero) is 1. The average molecular weight is 395 g/mol. The van der Waals surface area contributed by atoms with Gasteiger partial charge in [0.15, 0.2) is 5.78 Å². The van der Waals surface area contributed by atoms with Gasteiger partial charge in [-0.1, -0.05) is 31.4 Å². The zero-order chi connectivity index (χ0) is 20.4. The fourth-order valence-electron chi connectivity index (χ4n) is 5.66. The molecule has 0 radical (unpaired) electrons. The largest absolute Gasteiger partial charge is 0.345 e. The van der Waals surface area contributed by atoms with Gasteiger partial charge in [0.1, 0.15) is 6.29 Å². The van der Waals surface area contributed by atoms with Crippen LogP contribution in [0.15, 0.2) is 24.4 Å². The van der Waals surface area contributed by atoms with Gasteiger partial charge in [-0.15, -0.1) is 0 Å². The smallest absolute Gasteiger partial charge is 0.161 e. The van der Waals surface area contributed by atoms with E-state index in [2.05, 4.69) is 40.8 Å². The molecule has 2 fully saturated rings. The number of hydrogen-bond acceptors (Lipinski definition) is 3. The summed E-state index contributed by atoms with van der Waals surface area (Å²) in [4.78, 5) is 26.6. The number of aldehydes is 1. The number of aromatic nitrogens is 1.